The first-order chi connectivity index (χ1) is 13.0. The number of likely N-dealkylation sites (tertiary alicyclic amines) is 1. The molecule has 1 N–H and O–H groups in total. The Morgan fingerprint density at radius 1 is 1.07 bits per heavy atom. The Labute approximate surface area is 167 Å². The van der Waals surface area contributed by atoms with Crippen molar-refractivity contribution < 1.29 is 14.3 Å². The molecule has 0 unspecified atom stereocenters. The Morgan fingerprint density at radius 2 is 1.70 bits per heavy atom. The van der Waals surface area contributed by atoms with Gasteiger partial charge in [-0.3, -0.25) is 9.59 Å². The van der Waals surface area contributed by atoms with E-state index in [4.69, 9.17) is 4.74 Å². The second kappa shape index (κ2) is 9.04. The van der Waals surface area contributed by atoms with Crippen molar-refractivity contribution in [3.63, 3.8) is 0 Å². The third-order valence-electron chi connectivity index (χ3n) is 4.69. The van der Waals surface area contributed by atoms with Crippen LogP contribution in [0.25, 0.3) is 0 Å². The normalized spacial score (nSPS) is 15.9. The quantitative estimate of drug-likeness (QED) is 0.776. The fourth-order valence-corrected chi connectivity index (χ4v) is 3.42. The second-order valence-corrected chi connectivity index (χ2v) is 7.58. The molecule has 1 fully saturated rings. The molecule has 0 spiro atoms. The lowest BCUT2D eigenvalue weighted by Crippen LogP contribution is -2.46. The number of amides is 2. The summed E-state index contributed by atoms with van der Waals surface area (Å²) in [5.41, 5.74) is 0.803. The minimum atomic E-state index is -0.555. The van der Waals surface area contributed by atoms with Crippen LogP contribution in [0.1, 0.15) is 19.8 Å². The third kappa shape index (κ3) is 5.32. The first-order valence-electron chi connectivity index (χ1n) is 9.10. The number of ether oxygens (including phenoxy) is 1. The molecule has 0 aromatic heterocycles. The van der Waals surface area contributed by atoms with Crippen molar-refractivity contribution in [2.75, 3.05) is 18.4 Å². The molecule has 27 heavy (non-hydrogen) atoms. The van der Waals surface area contributed by atoms with Gasteiger partial charge in [0.2, 0.25) is 5.91 Å². The number of rotatable bonds is 5. The maximum Gasteiger partial charge on any atom is 0.263 e. The molecule has 1 aliphatic heterocycles. The largest absolute Gasteiger partial charge is 0.481 e. The molecule has 0 bridgehead atoms. The van der Waals surface area contributed by atoms with Gasteiger partial charge in [-0.15, -0.1) is 0 Å². The van der Waals surface area contributed by atoms with Crippen LogP contribution in [0.5, 0.6) is 5.75 Å². The van der Waals surface area contributed by atoms with Gasteiger partial charge in [0.15, 0.2) is 6.10 Å². The van der Waals surface area contributed by atoms with Gasteiger partial charge in [0.1, 0.15) is 5.75 Å². The number of hydrogen-bond acceptors (Lipinski definition) is 3. The van der Waals surface area contributed by atoms with E-state index in [0.717, 1.165) is 10.2 Å². The Bertz CT molecular complexity index is 772. The van der Waals surface area contributed by atoms with Gasteiger partial charge >= 0.3 is 0 Å². The van der Waals surface area contributed by atoms with E-state index in [9.17, 15) is 9.59 Å². The van der Waals surface area contributed by atoms with E-state index in [0.29, 0.717) is 31.7 Å². The number of para-hydroxylation sites is 1. The molecule has 2 aromatic carbocycles. The molecule has 3 rings (SSSR count). The minimum Gasteiger partial charge on any atom is -0.481 e. The highest BCUT2D eigenvalue weighted by Gasteiger charge is 2.30. The van der Waals surface area contributed by atoms with Crippen molar-refractivity contribution in [3.8, 4) is 5.75 Å². The van der Waals surface area contributed by atoms with E-state index in [2.05, 4.69) is 21.2 Å². The van der Waals surface area contributed by atoms with Crippen LogP contribution in [0.15, 0.2) is 59.1 Å². The molecule has 1 saturated heterocycles. The summed E-state index contributed by atoms with van der Waals surface area (Å²) >= 11 is 3.38. The highest BCUT2D eigenvalue weighted by molar-refractivity contribution is 9.10. The van der Waals surface area contributed by atoms with Crippen LogP contribution in [-0.4, -0.2) is 35.9 Å². The predicted octanol–water partition coefficient (Wildman–Crippen LogP) is 4.09. The maximum atomic E-state index is 12.6. The fraction of sp³-hybridized carbons (Fsp3) is 0.333. The highest BCUT2D eigenvalue weighted by atomic mass is 79.9. The molecular weight excluding hydrogens is 408 g/mol. The topological polar surface area (TPSA) is 58.6 Å². The Kier molecular flexibility index (Phi) is 6.50. The summed E-state index contributed by atoms with van der Waals surface area (Å²) < 4.78 is 6.71. The molecule has 0 aliphatic carbocycles. The zero-order valence-corrected chi connectivity index (χ0v) is 16.8. The molecule has 0 saturated carbocycles. The third-order valence-corrected chi connectivity index (χ3v) is 5.22. The van der Waals surface area contributed by atoms with Gasteiger partial charge in [-0.1, -0.05) is 34.1 Å². The molecule has 1 heterocycles. The maximum absolute atomic E-state index is 12.6. The number of piperidine rings is 1. The summed E-state index contributed by atoms with van der Waals surface area (Å²) in [6.07, 6.45) is 0.769. The van der Waals surface area contributed by atoms with E-state index in [1.807, 2.05) is 54.6 Å². The van der Waals surface area contributed by atoms with E-state index in [1.165, 1.54) is 0 Å². The van der Waals surface area contributed by atoms with Crippen LogP contribution < -0.4 is 10.1 Å². The summed E-state index contributed by atoms with van der Waals surface area (Å²) in [5.74, 6) is 0.570. The van der Waals surface area contributed by atoms with Gasteiger partial charge in [0.25, 0.3) is 5.91 Å². The number of nitrogens with zero attached hydrogens (tertiary/aromatic N) is 1. The highest BCUT2D eigenvalue weighted by Crippen LogP contribution is 2.22. The standard InChI is InChI=1S/C21H23BrN2O3/c1-15(27-19-9-7-17(22)8-10-19)21(26)24-13-11-16(12-14-24)20(25)23-18-5-3-2-4-6-18/h2-10,15-16H,11-14H2,1H3,(H,23,25)/t15-/m0/s1. The summed E-state index contributed by atoms with van der Waals surface area (Å²) in [7, 11) is 0. The number of carbonyl (C=O) groups is 2. The van der Waals surface area contributed by atoms with Crippen molar-refractivity contribution in [1.82, 2.24) is 4.90 Å². The summed E-state index contributed by atoms with van der Waals surface area (Å²) in [5, 5.41) is 2.94. The molecule has 2 aromatic rings. The van der Waals surface area contributed by atoms with Crippen LogP contribution in [0.4, 0.5) is 5.69 Å². The van der Waals surface area contributed by atoms with Crippen molar-refractivity contribution in [3.05, 3.63) is 59.1 Å². The molecular formula is C21H23BrN2O3. The average molecular weight is 431 g/mol. The molecule has 1 atom stereocenters. The number of benzene rings is 2. The van der Waals surface area contributed by atoms with E-state index in [1.54, 1.807) is 11.8 Å². The SMILES string of the molecule is C[C@H](Oc1ccc(Br)cc1)C(=O)N1CCC(C(=O)Nc2ccccc2)CC1. The second-order valence-electron chi connectivity index (χ2n) is 6.67. The van der Waals surface area contributed by atoms with Crippen LogP contribution in [0.2, 0.25) is 0 Å². The van der Waals surface area contributed by atoms with Crippen LogP contribution >= 0.6 is 15.9 Å². The predicted molar refractivity (Wildman–Crippen MR) is 109 cm³/mol. The monoisotopic (exact) mass is 430 g/mol. The number of anilines is 1. The van der Waals surface area contributed by atoms with E-state index >= 15 is 0 Å². The van der Waals surface area contributed by atoms with Gasteiger partial charge in [-0.25, -0.2) is 0 Å². The molecule has 1 aliphatic rings. The van der Waals surface area contributed by atoms with Crippen LogP contribution in [0, 0.1) is 5.92 Å². The minimum absolute atomic E-state index is 0.0208. The first kappa shape index (κ1) is 19.4. The van der Waals surface area contributed by atoms with Crippen molar-refractivity contribution in [2.45, 2.75) is 25.9 Å². The van der Waals surface area contributed by atoms with Crippen LogP contribution in [-0.2, 0) is 9.59 Å². The lowest BCUT2D eigenvalue weighted by Gasteiger charge is -2.33. The molecule has 6 heteroatoms. The van der Waals surface area contributed by atoms with Crippen molar-refractivity contribution in [2.24, 2.45) is 5.92 Å². The first-order valence-corrected chi connectivity index (χ1v) is 9.89. The Balaban J connectivity index is 1.48. The lowest BCUT2D eigenvalue weighted by atomic mass is 9.95. The fourth-order valence-electron chi connectivity index (χ4n) is 3.15. The summed E-state index contributed by atoms with van der Waals surface area (Å²) in [6.45, 7) is 2.90. The van der Waals surface area contributed by atoms with E-state index < -0.39 is 6.10 Å². The molecule has 142 valence electrons. The zero-order valence-electron chi connectivity index (χ0n) is 15.2. The molecule has 0 radical (unpaired) electrons. The number of nitrogens with one attached hydrogen (secondary N) is 1. The van der Waals surface area contributed by atoms with Gasteiger partial charge in [-0.2, -0.15) is 0 Å². The summed E-state index contributed by atoms with van der Waals surface area (Å²) in [6, 6.07) is 16.9. The Hall–Kier alpha value is -2.34. The average Bonchev–Trinajstić information content (AvgIpc) is 2.70. The zero-order chi connectivity index (χ0) is 19.2. The van der Waals surface area contributed by atoms with Crippen molar-refractivity contribution >= 4 is 33.4 Å². The Morgan fingerprint density at radius 3 is 2.33 bits per heavy atom. The van der Waals surface area contributed by atoms with Gasteiger partial charge in [-0.05, 0) is 56.2 Å². The summed E-state index contributed by atoms with van der Waals surface area (Å²) in [4.78, 5) is 26.8. The molecule has 2 amide bonds. The number of carbonyl (C=O) groups excluding carboxylic acids is 2. The van der Waals surface area contributed by atoms with Crippen molar-refractivity contribution in [1.29, 1.82) is 0 Å². The molecule has 5 nitrogen and oxygen atoms in total. The van der Waals surface area contributed by atoms with Gasteiger partial charge in [0, 0.05) is 29.2 Å². The van der Waals surface area contributed by atoms with E-state index in [-0.39, 0.29) is 17.7 Å². The van der Waals surface area contributed by atoms with Crippen LogP contribution in [0.3, 0.4) is 0 Å². The van der Waals surface area contributed by atoms with Gasteiger partial charge < -0.3 is 15.0 Å². The lowest BCUT2D eigenvalue weighted by molar-refractivity contribution is -0.140. The smallest absolute Gasteiger partial charge is 0.263 e. The number of halogens is 1. The number of hydrogen-bond donors (Lipinski definition) is 1. The van der Waals surface area contributed by atoms with Gasteiger partial charge in [0.05, 0.1) is 0 Å².